The van der Waals surface area contributed by atoms with Gasteiger partial charge in [0.15, 0.2) is 0 Å². The van der Waals surface area contributed by atoms with Gasteiger partial charge in [-0.1, -0.05) is 32.9 Å². The van der Waals surface area contributed by atoms with Crippen molar-refractivity contribution in [2.24, 2.45) is 0 Å². The maximum atomic E-state index is 5.99. The topological polar surface area (TPSA) is 25.4 Å². The minimum absolute atomic E-state index is 0.156. The van der Waals surface area contributed by atoms with E-state index < -0.39 is 0 Å². The van der Waals surface area contributed by atoms with Gasteiger partial charge in [0.1, 0.15) is 11.5 Å². The van der Waals surface area contributed by atoms with E-state index in [0.29, 0.717) is 0 Å². The number of pyridine rings is 1. The Hall–Kier alpha value is -1.87. The van der Waals surface area contributed by atoms with Crippen LogP contribution in [0.15, 0.2) is 42.6 Å². The Morgan fingerprint density at radius 1 is 1.05 bits per heavy atom. The molecule has 3 heteroatoms. The summed E-state index contributed by atoms with van der Waals surface area (Å²) >= 11 is 0. The van der Waals surface area contributed by atoms with Crippen LogP contribution >= 0.6 is 0 Å². The third-order valence-electron chi connectivity index (χ3n) is 3.26. The molecule has 0 fully saturated rings. The predicted octanol–water partition coefficient (Wildman–Crippen LogP) is 4.23. The largest absolute Gasteiger partial charge is 0.455 e. The smallest absolute Gasteiger partial charge is 0.150 e. The van der Waals surface area contributed by atoms with Crippen LogP contribution in [0.2, 0.25) is 0 Å². The fourth-order valence-corrected chi connectivity index (χ4v) is 2.08. The SMILES string of the molecule is CN(C)Cc1ncccc1Oc1ccc(C(C)(C)C)cc1. The van der Waals surface area contributed by atoms with E-state index in [-0.39, 0.29) is 5.41 Å². The highest BCUT2D eigenvalue weighted by Crippen LogP contribution is 2.28. The number of hydrogen-bond donors (Lipinski definition) is 0. The molecule has 0 radical (unpaired) electrons. The van der Waals surface area contributed by atoms with Crippen molar-refractivity contribution in [1.29, 1.82) is 0 Å². The van der Waals surface area contributed by atoms with Gasteiger partial charge in [-0.15, -0.1) is 0 Å². The number of hydrogen-bond acceptors (Lipinski definition) is 3. The quantitative estimate of drug-likeness (QED) is 0.840. The van der Waals surface area contributed by atoms with Crippen LogP contribution in [0.25, 0.3) is 0 Å². The molecule has 0 atom stereocenters. The normalized spacial score (nSPS) is 11.7. The molecule has 112 valence electrons. The zero-order valence-electron chi connectivity index (χ0n) is 13.6. The van der Waals surface area contributed by atoms with E-state index in [0.717, 1.165) is 23.7 Å². The second-order valence-corrected chi connectivity index (χ2v) is 6.56. The summed E-state index contributed by atoms with van der Waals surface area (Å²) in [5.41, 5.74) is 2.40. The van der Waals surface area contributed by atoms with Crippen LogP contribution in [-0.4, -0.2) is 24.0 Å². The van der Waals surface area contributed by atoms with Crippen molar-refractivity contribution in [1.82, 2.24) is 9.88 Å². The highest BCUT2D eigenvalue weighted by atomic mass is 16.5. The van der Waals surface area contributed by atoms with Crippen LogP contribution in [0.1, 0.15) is 32.0 Å². The Bertz CT molecular complexity index is 583. The van der Waals surface area contributed by atoms with Crippen molar-refractivity contribution in [3.05, 3.63) is 53.9 Å². The second kappa shape index (κ2) is 6.27. The molecular formula is C18H24N2O. The van der Waals surface area contributed by atoms with Gasteiger partial charge in [-0.25, -0.2) is 0 Å². The molecule has 3 nitrogen and oxygen atoms in total. The van der Waals surface area contributed by atoms with Crippen LogP contribution in [-0.2, 0) is 12.0 Å². The number of nitrogens with zero attached hydrogens (tertiary/aromatic N) is 2. The third-order valence-corrected chi connectivity index (χ3v) is 3.26. The van der Waals surface area contributed by atoms with Crippen molar-refractivity contribution in [3.63, 3.8) is 0 Å². The average Bonchev–Trinajstić information content (AvgIpc) is 2.40. The van der Waals surface area contributed by atoms with Gasteiger partial charge in [-0.2, -0.15) is 0 Å². The predicted molar refractivity (Wildman–Crippen MR) is 86.8 cm³/mol. The third kappa shape index (κ3) is 4.30. The van der Waals surface area contributed by atoms with E-state index in [1.165, 1.54) is 5.56 Å². The van der Waals surface area contributed by atoms with Crippen LogP contribution in [0.5, 0.6) is 11.5 Å². The van der Waals surface area contributed by atoms with Gasteiger partial charge in [0.05, 0.1) is 5.69 Å². The second-order valence-electron chi connectivity index (χ2n) is 6.56. The molecule has 1 heterocycles. The van der Waals surface area contributed by atoms with Gasteiger partial charge >= 0.3 is 0 Å². The lowest BCUT2D eigenvalue weighted by Crippen LogP contribution is -2.12. The molecule has 0 aliphatic carbocycles. The fourth-order valence-electron chi connectivity index (χ4n) is 2.08. The standard InChI is InChI=1S/C18H24N2O/c1-18(2,3)14-8-10-15(11-9-14)21-17-7-6-12-19-16(17)13-20(4)5/h6-12H,13H2,1-5H3. The minimum atomic E-state index is 0.156. The Labute approximate surface area is 127 Å². The van der Waals surface area contributed by atoms with Crippen LogP contribution in [0, 0.1) is 0 Å². The van der Waals surface area contributed by atoms with Gasteiger partial charge in [0.25, 0.3) is 0 Å². The first-order chi connectivity index (χ1) is 9.86. The number of aromatic nitrogens is 1. The lowest BCUT2D eigenvalue weighted by Gasteiger charge is -2.19. The molecule has 1 aromatic heterocycles. The number of rotatable bonds is 4. The Morgan fingerprint density at radius 3 is 2.29 bits per heavy atom. The molecule has 0 saturated carbocycles. The Kier molecular flexibility index (Phi) is 4.63. The van der Waals surface area contributed by atoms with Crippen molar-refractivity contribution >= 4 is 0 Å². The molecule has 21 heavy (non-hydrogen) atoms. The maximum Gasteiger partial charge on any atom is 0.150 e. The molecule has 2 aromatic rings. The van der Waals surface area contributed by atoms with Gasteiger partial charge in [0.2, 0.25) is 0 Å². The molecule has 0 bridgehead atoms. The van der Waals surface area contributed by atoms with E-state index in [4.69, 9.17) is 4.74 Å². The Morgan fingerprint density at radius 2 is 1.71 bits per heavy atom. The first-order valence-electron chi connectivity index (χ1n) is 7.23. The molecule has 0 spiro atoms. The zero-order valence-corrected chi connectivity index (χ0v) is 13.6. The van der Waals surface area contributed by atoms with E-state index in [1.54, 1.807) is 6.20 Å². The fraction of sp³-hybridized carbons (Fsp3) is 0.389. The van der Waals surface area contributed by atoms with E-state index in [1.807, 2.05) is 38.4 Å². The summed E-state index contributed by atoms with van der Waals surface area (Å²) in [4.78, 5) is 6.49. The van der Waals surface area contributed by atoms with Crippen LogP contribution < -0.4 is 4.74 Å². The van der Waals surface area contributed by atoms with Crippen LogP contribution in [0.4, 0.5) is 0 Å². The summed E-state index contributed by atoms with van der Waals surface area (Å²) in [6, 6.07) is 12.1. The molecule has 0 saturated heterocycles. The van der Waals surface area contributed by atoms with E-state index in [9.17, 15) is 0 Å². The van der Waals surface area contributed by atoms with Gasteiger partial charge < -0.3 is 9.64 Å². The summed E-state index contributed by atoms with van der Waals surface area (Å²) < 4.78 is 5.99. The zero-order chi connectivity index (χ0) is 15.5. The summed E-state index contributed by atoms with van der Waals surface area (Å²) in [5, 5.41) is 0. The van der Waals surface area contributed by atoms with Gasteiger partial charge in [-0.3, -0.25) is 4.98 Å². The lowest BCUT2D eigenvalue weighted by atomic mass is 9.87. The summed E-state index contributed by atoms with van der Waals surface area (Å²) in [6.07, 6.45) is 1.80. The summed E-state index contributed by atoms with van der Waals surface area (Å²) in [5.74, 6) is 1.66. The van der Waals surface area contributed by atoms with E-state index >= 15 is 0 Å². The molecule has 0 aliphatic rings. The van der Waals surface area contributed by atoms with E-state index in [2.05, 4.69) is 42.8 Å². The monoisotopic (exact) mass is 284 g/mol. The van der Waals surface area contributed by atoms with Crippen LogP contribution in [0.3, 0.4) is 0 Å². The summed E-state index contributed by atoms with van der Waals surface area (Å²) in [7, 11) is 4.05. The van der Waals surface area contributed by atoms with Crippen molar-refractivity contribution in [2.75, 3.05) is 14.1 Å². The Balaban J connectivity index is 2.19. The molecular weight excluding hydrogens is 260 g/mol. The van der Waals surface area contributed by atoms with Crippen molar-refractivity contribution in [2.45, 2.75) is 32.7 Å². The van der Waals surface area contributed by atoms with Gasteiger partial charge in [-0.05, 0) is 49.3 Å². The van der Waals surface area contributed by atoms with Crippen molar-refractivity contribution in [3.8, 4) is 11.5 Å². The molecule has 0 N–H and O–H groups in total. The number of ether oxygens (including phenoxy) is 1. The van der Waals surface area contributed by atoms with Crippen molar-refractivity contribution < 1.29 is 4.74 Å². The highest BCUT2D eigenvalue weighted by molar-refractivity contribution is 5.36. The summed E-state index contributed by atoms with van der Waals surface area (Å²) in [6.45, 7) is 7.38. The lowest BCUT2D eigenvalue weighted by molar-refractivity contribution is 0.381. The molecule has 0 amide bonds. The molecule has 2 rings (SSSR count). The molecule has 0 unspecified atom stereocenters. The first kappa shape index (κ1) is 15.5. The maximum absolute atomic E-state index is 5.99. The minimum Gasteiger partial charge on any atom is -0.455 e. The molecule has 0 aliphatic heterocycles. The first-order valence-corrected chi connectivity index (χ1v) is 7.23. The highest BCUT2D eigenvalue weighted by Gasteiger charge is 2.13. The average molecular weight is 284 g/mol. The number of benzene rings is 1. The van der Waals surface area contributed by atoms with Gasteiger partial charge in [0, 0.05) is 12.7 Å². The molecule has 1 aromatic carbocycles.